The van der Waals surface area contributed by atoms with Crippen LogP contribution in [0.25, 0.3) is 6.08 Å². The molecule has 1 fully saturated rings. The third-order valence-corrected chi connectivity index (χ3v) is 6.10. The van der Waals surface area contributed by atoms with Crippen LogP contribution >= 0.6 is 39.9 Å². The number of nitrogens with zero attached hydrogens (tertiary/aromatic N) is 1. The molecule has 0 aromatic heterocycles. The molecule has 3 rings (SSSR count). The minimum Gasteiger partial charge on any atom is -0.293 e. The van der Waals surface area contributed by atoms with Crippen molar-refractivity contribution < 1.29 is 18.8 Å². The summed E-state index contributed by atoms with van der Waals surface area (Å²) < 4.78 is 14.2. The van der Waals surface area contributed by atoms with Gasteiger partial charge in [0.25, 0.3) is 11.8 Å². The Morgan fingerprint density at radius 3 is 2.61 bits per heavy atom. The molecule has 1 aliphatic rings. The summed E-state index contributed by atoms with van der Waals surface area (Å²) in [6.45, 7) is 0.291. The standard InChI is InChI=1S/C21H17BrFN3O3S2/c22-15-4-1-3-13(11-15)12-17-20(29)26(21(30)31-17)10-2-5-18(27)24-25-19(28)14-6-8-16(23)9-7-14/h1,3-4,6-9,11-12H,2,5,10H2,(H,24,27)(H,25,28). The molecular formula is C21H17BrFN3O3S2. The zero-order valence-electron chi connectivity index (χ0n) is 16.1. The molecule has 0 bridgehead atoms. The van der Waals surface area contributed by atoms with Gasteiger partial charge in [-0.05, 0) is 54.5 Å². The fraction of sp³-hybridized carbons (Fsp3) is 0.143. The molecule has 0 saturated carbocycles. The summed E-state index contributed by atoms with van der Waals surface area (Å²) >= 11 is 9.92. The lowest BCUT2D eigenvalue weighted by Gasteiger charge is -2.14. The molecule has 1 saturated heterocycles. The zero-order chi connectivity index (χ0) is 22.4. The number of carbonyl (C=O) groups is 3. The second-order valence-corrected chi connectivity index (χ2v) is 9.09. The number of hydrogen-bond donors (Lipinski definition) is 2. The average molecular weight is 522 g/mol. The summed E-state index contributed by atoms with van der Waals surface area (Å²) in [6.07, 6.45) is 2.24. The Balaban J connectivity index is 1.46. The fourth-order valence-corrected chi connectivity index (χ4v) is 4.43. The van der Waals surface area contributed by atoms with E-state index in [1.807, 2.05) is 24.3 Å². The Morgan fingerprint density at radius 1 is 1.16 bits per heavy atom. The zero-order valence-corrected chi connectivity index (χ0v) is 19.3. The Morgan fingerprint density at radius 2 is 1.90 bits per heavy atom. The van der Waals surface area contributed by atoms with E-state index in [4.69, 9.17) is 12.2 Å². The molecule has 0 aliphatic carbocycles. The number of benzene rings is 2. The number of rotatable bonds is 6. The average Bonchev–Trinajstić information content (AvgIpc) is 3.00. The van der Waals surface area contributed by atoms with Crippen molar-refractivity contribution in [2.75, 3.05) is 6.54 Å². The lowest BCUT2D eigenvalue weighted by Crippen LogP contribution is -2.41. The molecule has 0 radical (unpaired) electrons. The molecular weight excluding hydrogens is 505 g/mol. The first kappa shape index (κ1) is 23.1. The van der Waals surface area contributed by atoms with Crippen LogP contribution in [0.15, 0.2) is 57.9 Å². The smallest absolute Gasteiger partial charge is 0.269 e. The van der Waals surface area contributed by atoms with Crippen molar-refractivity contribution >= 4 is 68.0 Å². The van der Waals surface area contributed by atoms with Crippen LogP contribution in [-0.2, 0) is 9.59 Å². The summed E-state index contributed by atoms with van der Waals surface area (Å²) in [5, 5.41) is 0. The van der Waals surface area contributed by atoms with E-state index >= 15 is 0 Å². The van der Waals surface area contributed by atoms with Crippen LogP contribution in [0, 0.1) is 5.82 Å². The van der Waals surface area contributed by atoms with Gasteiger partial charge in [0.05, 0.1) is 4.91 Å². The lowest BCUT2D eigenvalue weighted by atomic mass is 10.2. The summed E-state index contributed by atoms with van der Waals surface area (Å²) in [6, 6.07) is 12.5. The van der Waals surface area contributed by atoms with Crippen molar-refractivity contribution in [1.29, 1.82) is 0 Å². The Bertz CT molecular complexity index is 1060. The van der Waals surface area contributed by atoms with Gasteiger partial charge in [0, 0.05) is 23.0 Å². The third-order valence-electron chi connectivity index (χ3n) is 4.23. The van der Waals surface area contributed by atoms with Crippen molar-refractivity contribution in [2.45, 2.75) is 12.8 Å². The largest absolute Gasteiger partial charge is 0.293 e. The quantitative estimate of drug-likeness (QED) is 0.341. The molecule has 6 nitrogen and oxygen atoms in total. The van der Waals surface area contributed by atoms with Gasteiger partial charge in [0.15, 0.2) is 0 Å². The molecule has 31 heavy (non-hydrogen) atoms. The molecule has 160 valence electrons. The van der Waals surface area contributed by atoms with Crippen LogP contribution in [0.1, 0.15) is 28.8 Å². The molecule has 0 spiro atoms. The van der Waals surface area contributed by atoms with Gasteiger partial charge >= 0.3 is 0 Å². The van der Waals surface area contributed by atoms with Crippen molar-refractivity contribution in [2.24, 2.45) is 0 Å². The maximum absolute atomic E-state index is 12.9. The highest BCUT2D eigenvalue weighted by molar-refractivity contribution is 9.10. The highest BCUT2D eigenvalue weighted by atomic mass is 79.9. The summed E-state index contributed by atoms with van der Waals surface area (Å²) in [7, 11) is 0. The first-order valence-electron chi connectivity index (χ1n) is 9.19. The van der Waals surface area contributed by atoms with Crippen LogP contribution in [0.3, 0.4) is 0 Å². The van der Waals surface area contributed by atoms with Gasteiger partial charge in [-0.3, -0.25) is 30.1 Å². The monoisotopic (exact) mass is 521 g/mol. The number of thiocarbonyl (C=S) groups is 1. The van der Waals surface area contributed by atoms with Gasteiger partial charge < -0.3 is 0 Å². The molecule has 2 N–H and O–H groups in total. The molecule has 2 aromatic carbocycles. The highest BCUT2D eigenvalue weighted by Crippen LogP contribution is 2.33. The SMILES string of the molecule is O=C(CCCN1C(=O)C(=Cc2cccc(Br)c2)SC1=S)NNC(=O)c1ccc(F)cc1. The minimum atomic E-state index is -0.553. The van der Waals surface area contributed by atoms with E-state index in [0.717, 1.165) is 22.2 Å². The minimum absolute atomic E-state index is 0.0887. The summed E-state index contributed by atoms with van der Waals surface area (Å²) in [5.74, 6) is -1.61. The second kappa shape index (κ2) is 10.7. The van der Waals surface area contributed by atoms with Gasteiger partial charge in [0.1, 0.15) is 10.1 Å². The number of halogens is 2. The number of nitrogens with one attached hydrogen (secondary N) is 2. The number of hydrogen-bond acceptors (Lipinski definition) is 5. The van der Waals surface area contributed by atoms with Crippen LogP contribution in [0.2, 0.25) is 0 Å². The van der Waals surface area contributed by atoms with Gasteiger partial charge in [0.2, 0.25) is 5.91 Å². The van der Waals surface area contributed by atoms with Gasteiger partial charge in [-0.2, -0.15) is 0 Å². The van der Waals surface area contributed by atoms with Crippen LogP contribution in [0.5, 0.6) is 0 Å². The topological polar surface area (TPSA) is 78.5 Å². The predicted molar refractivity (Wildman–Crippen MR) is 125 cm³/mol. The summed E-state index contributed by atoms with van der Waals surface area (Å²) in [4.78, 5) is 38.5. The molecule has 0 atom stereocenters. The number of hydrazine groups is 1. The van der Waals surface area contributed by atoms with Gasteiger partial charge in [-0.25, -0.2) is 4.39 Å². The van der Waals surface area contributed by atoms with Crippen molar-refractivity contribution in [1.82, 2.24) is 15.8 Å². The molecule has 1 heterocycles. The van der Waals surface area contributed by atoms with E-state index in [2.05, 4.69) is 26.8 Å². The van der Waals surface area contributed by atoms with E-state index in [1.165, 1.54) is 28.8 Å². The first-order chi connectivity index (χ1) is 14.8. The van der Waals surface area contributed by atoms with E-state index in [0.29, 0.717) is 22.2 Å². The van der Waals surface area contributed by atoms with Crippen molar-refractivity contribution in [3.05, 3.63) is 74.9 Å². The van der Waals surface area contributed by atoms with Crippen LogP contribution in [0.4, 0.5) is 4.39 Å². The molecule has 3 amide bonds. The maximum Gasteiger partial charge on any atom is 0.269 e. The Kier molecular flexibility index (Phi) is 7.94. The maximum atomic E-state index is 12.9. The van der Waals surface area contributed by atoms with Crippen molar-refractivity contribution in [3.63, 3.8) is 0 Å². The Labute approximate surface area is 196 Å². The third kappa shape index (κ3) is 6.46. The fourth-order valence-electron chi connectivity index (χ4n) is 2.70. The van der Waals surface area contributed by atoms with Gasteiger partial charge in [-0.15, -0.1) is 0 Å². The van der Waals surface area contributed by atoms with E-state index in [-0.39, 0.29) is 17.9 Å². The number of amides is 3. The van der Waals surface area contributed by atoms with E-state index < -0.39 is 17.6 Å². The first-order valence-corrected chi connectivity index (χ1v) is 11.2. The molecule has 10 heteroatoms. The normalized spacial score (nSPS) is 14.8. The van der Waals surface area contributed by atoms with Crippen LogP contribution < -0.4 is 10.9 Å². The number of thioether (sulfide) groups is 1. The number of carbonyl (C=O) groups excluding carboxylic acids is 3. The lowest BCUT2D eigenvalue weighted by molar-refractivity contribution is -0.124. The summed E-state index contributed by atoms with van der Waals surface area (Å²) in [5.41, 5.74) is 5.67. The molecule has 1 aliphatic heterocycles. The van der Waals surface area contributed by atoms with E-state index in [1.54, 1.807) is 6.08 Å². The van der Waals surface area contributed by atoms with Crippen LogP contribution in [-0.4, -0.2) is 33.5 Å². The van der Waals surface area contributed by atoms with E-state index in [9.17, 15) is 18.8 Å². The predicted octanol–water partition coefficient (Wildman–Crippen LogP) is 4.03. The van der Waals surface area contributed by atoms with Crippen molar-refractivity contribution in [3.8, 4) is 0 Å². The highest BCUT2D eigenvalue weighted by Gasteiger charge is 2.31. The second-order valence-electron chi connectivity index (χ2n) is 6.50. The van der Waals surface area contributed by atoms with Gasteiger partial charge in [-0.1, -0.05) is 52.0 Å². The molecule has 2 aromatic rings. The Hall–Kier alpha value is -2.56. The molecule has 0 unspecified atom stereocenters.